The zero-order chi connectivity index (χ0) is 13.5. The number of likely N-dealkylation sites (N-methyl/N-ethyl adjacent to an activating group) is 1. The van der Waals surface area contributed by atoms with E-state index in [9.17, 15) is 4.79 Å². The van der Waals surface area contributed by atoms with Crippen molar-refractivity contribution in [3.63, 3.8) is 0 Å². The van der Waals surface area contributed by atoms with Crippen molar-refractivity contribution >= 4 is 21.8 Å². The number of nitrogens with two attached hydrogens (primary N) is 1. The molecule has 1 rings (SSSR count). The number of nitrogens with zero attached hydrogens (tertiary/aromatic N) is 1. The number of carbonyl (C=O) groups excluding carboxylic acids is 1. The summed E-state index contributed by atoms with van der Waals surface area (Å²) >= 11 is 3.40. The third-order valence-corrected chi connectivity index (χ3v) is 3.47. The molecule has 0 aliphatic heterocycles. The van der Waals surface area contributed by atoms with Gasteiger partial charge in [-0.15, -0.1) is 0 Å². The molecule has 0 bridgehead atoms. The van der Waals surface area contributed by atoms with Gasteiger partial charge in [-0.2, -0.15) is 0 Å². The minimum Gasteiger partial charge on any atom is -0.344 e. The normalized spacial score (nSPS) is 12.2. The van der Waals surface area contributed by atoms with Crippen LogP contribution in [0.15, 0.2) is 28.7 Å². The molecule has 1 atom stereocenters. The Morgan fingerprint density at radius 2 is 2.00 bits per heavy atom. The molecule has 0 saturated heterocycles. The van der Waals surface area contributed by atoms with Crippen LogP contribution in [0.4, 0.5) is 0 Å². The molecule has 0 aliphatic rings. The molecule has 1 aromatic rings. The molecule has 1 amide bonds. The third kappa shape index (κ3) is 4.78. The molecule has 0 fully saturated rings. The van der Waals surface area contributed by atoms with E-state index in [4.69, 9.17) is 5.73 Å². The van der Waals surface area contributed by atoms with Gasteiger partial charge in [0.25, 0.3) is 0 Å². The average molecular weight is 313 g/mol. The van der Waals surface area contributed by atoms with Crippen molar-refractivity contribution in [2.75, 3.05) is 13.6 Å². The molecular weight excluding hydrogens is 292 g/mol. The smallest absolute Gasteiger partial charge is 0.239 e. The lowest BCUT2D eigenvalue weighted by atomic mass is 10.1. The number of benzene rings is 1. The Bertz CT molecular complexity index is 378. The lowest BCUT2D eigenvalue weighted by molar-refractivity contribution is -0.131. The van der Waals surface area contributed by atoms with Crippen molar-refractivity contribution in [1.82, 2.24) is 4.90 Å². The number of rotatable bonds is 6. The Kier molecular flexibility index (Phi) is 6.36. The number of carbonyl (C=O) groups is 1. The topological polar surface area (TPSA) is 46.3 Å². The first-order chi connectivity index (χ1) is 8.54. The number of amides is 1. The fourth-order valence-corrected chi connectivity index (χ4v) is 2.04. The molecule has 0 spiro atoms. The second kappa shape index (κ2) is 7.54. The number of hydrogen-bond acceptors (Lipinski definition) is 2. The molecule has 3 nitrogen and oxygen atoms in total. The van der Waals surface area contributed by atoms with E-state index in [1.807, 2.05) is 26.1 Å². The van der Waals surface area contributed by atoms with E-state index in [1.165, 1.54) is 5.56 Å². The van der Waals surface area contributed by atoms with E-state index in [0.717, 1.165) is 23.7 Å². The molecule has 4 heteroatoms. The SMILES string of the molecule is CCCC(N)C(=O)N(C)CCc1ccc(Br)cc1. The summed E-state index contributed by atoms with van der Waals surface area (Å²) in [4.78, 5) is 13.6. The van der Waals surface area contributed by atoms with Gasteiger partial charge in [-0.1, -0.05) is 41.4 Å². The van der Waals surface area contributed by atoms with Crippen molar-refractivity contribution in [2.45, 2.75) is 32.2 Å². The first kappa shape index (κ1) is 15.2. The predicted molar refractivity (Wildman–Crippen MR) is 78.4 cm³/mol. The van der Waals surface area contributed by atoms with Crippen molar-refractivity contribution in [2.24, 2.45) is 5.73 Å². The van der Waals surface area contributed by atoms with Crippen LogP contribution in [-0.4, -0.2) is 30.4 Å². The largest absolute Gasteiger partial charge is 0.344 e. The van der Waals surface area contributed by atoms with Crippen LogP contribution in [0.2, 0.25) is 0 Å². The van der Waals surface area contributed by atoms with Gasteiger partial charge < -0.3 is 10.6 Å². The van der Waals surface area contributed by atoms with Crippen LogP contribution in [0.1, 0.15) is 25.3 Å². The van der Waals surface area contributed by atoms with Gasteiger partial charge >= 0.3 is 0 Å². The molecule has 0 saturated carbocycles. The minimum atomic E-state index is -0.357. The summed E-state index contributed by atoms with van der Waals surface area (Å²) in [7, 11) is 1.82. The molecule has 0 heterocycles. The number of hydrogen-bond donors (Lipinski definition) is 1. The molecule has 1 aromatic carbocycles. The highest BCUT2D eigenvalue weighted by Gasteiger charge is 2.16. The summed E-state index contributed by atoms with van der Waals surface area (Å²) in [5.74, 6) is 0.0361. The maximum atomic E-state index is 11.9. The van der Waals surface area contributed by atoms with Crippen LogP contribution in [0.5, 0.6) is 0 Å². The summed E-state index contributed by atoms with van der Waals surface area (Å²) in [6, 6.07) is 7.80. The molecule has 0 aliphatic carbocycles. The van der Waals surface area contributed by atoms with Crippen LogP contribution in [0.3, 0.4) is 0 Å². The van der Waals surface area contributed by atoms with E-state index < -0.39 is 0 Å². The molecule has 18 heavy (non-hydrogen) atoms. The lowest BCUT2D eigenvalue weighted by Crippen LogP contribution is -2.42. The van der Waals surface area contributed by atoms with Gasteiger partial charge in [0.1, 0.15) is 0 Å². The Morgan fingerprint density at radius 1 is 1.39 bits per heavy atom. The zero-order valence-corrected chi connectivity index (χ0v) is 12.6. The Morgan fingerprint density at radius 3 is 2.56 bits per heavy atom. The first-order valence-electron chi connectivity index (χ1n) is 6.29. The molecule has 100 valence electrons. The molecule has 2 N–H and O–H groups in total. The van der Waals surface area contributed by atoms with E-state index in [2.05, 4.69) is 28.1 Å². The standard InChI is InChI=1S/C14H21BrN2O/c1-3-4-13(16)14(18)17(2)10-9-11-5-7-12(15)8-6-11/h5-8,13H,3-4,9-10,16H2,1-2H3. The van der Waals surface area contributed by atoms with Gasteiger partial charge in [0.05, 0.1) is 6.04 Å². The van der Waals surface area contributed by atoms with E-state index in [-0.39, 0.29) is 11.9 Å². The van der Waals surface area contributed by atoms with E-state index in [1.54, 1.807) is 4.90 Å². The Balaban J connectivity index is 2.43. The number of halogens is 1. The Labute approximate surface area is 117 Å². The molecule has 0 aromatic heterocycles. The summed E-state index contributed by atoms with van der Waals surface area (Å²) < 4.78 is 1.07. The third-order valence-electron chi connectivity index (χ3n) is 2.94. The fraction of sp³-hybridized carbons (Fsp3) is 0.500. The predicted octanol–water partition coefficient (Wildman–Crippen LogP) is 2.58. The quantitative estimate of drug-likeness (QED) is 0.877. The van der Waals surface area contributed by atoms with Gasteiger partial charge in [0.15, 0.2) is 0 Å². The fourth-order valence-electron chi connectivity index (χ4n) is 1.78. The zero-order valence-electron chi connectivity index (χ0n) is 11.0. The van der Waals surface area contributed by atoms with Crippen molar-refractivity contribution in [3.8, 4) is 0 Å². The van der Waals surface area contributed by atoms with Crippen LogP contribution in [0.25, 0.3) is 0 Å². The summed E-state index contributed by atoms with van der Waals surface area (Å²) in [5.41, 5.74) is 7.04. The summed E-state index contributed by atoms with van der Waals surface area (Å²) in [6.07, 6.45) is 2.54. The van der Waals surface area contributed by atoms with Crippen molar-refractivity contribution in [1.29, 1.82) is 0 Å². The average Bonchev–Trinajstić information content (AvgIpc) is 2.37. The maximum absolute atomic E-state index is 11.9. The van der Waals surface area contributed by atoms with Crippen LogP contribution < -0.4 is 5.73 Å². The van der Waals surface area contributed by atoms with Gasteiger partial charge in [-0.3, -0.25) is 4.79 Å². The monoisotopic (exact) mass is 312 g/mol. The van der Waals surface area contributed by atoms with Gasteiger partial charge in [0, 0.05) is 18.1 Å². The van der Waals surface area contributed by atoms with E-state index >= 15 is 0 Å². The first-order valence-corrected chi connectivity index (χ1v) is 7.09. The highest BCUT2D eigenvalue weighted by Crippen LogP contribution is 2.11. The van der Waals surface area contributed by atoms with Crippen molar-refractivity contribution < 1.29 is 4.79 Å². The van der Waals surface area contributed by atoms with Crippen LogP contribution in [-0.2, 0) is 11.2 Å². The van der Waals surface area contributed by atoms with Gasteiger partial charge in [-0.25, -0.2) is 0 Å². The lowest BCUT2D eigenvalue weighted by Gasteiger charge is -2.21. The highest BCUT2D eigenvalue weighted by molar-refractivity contribution is 9.10. The van der Waals surface area contributed by atoms with E-state index in [0.29, 0.717) is 6.54 Å². The highest BCUT2D eigenvalue weighted by atomic mass is 79.9. The Hall–Kier alpha value is -0.870. The maximum Gasteiger partial charge on any atom is 0.239 e. The van der Waals surface area contributed by atoms with Gasteiger partial charge in [0.2, 0.25) is 5.91 Å². The second-order valence-electron chi connectivity index (χ2n) is 4.53. The van der Waals surface area contributed by atoms with Gasteiger partial charge in [-0.05, 0) is 30.5 Å². The second-order valence-corrected chi connectivity index (χ2v) is 5.45. The summed E-state index contributed by atoms with van der Waals surface area (Å²) in [6.45, 7) is 2.74. The molecule has 0 radical (unpaired) electrons. The van der Waals surface area contributed by atoms with Crippen LogP contribution >= 0.6 is 15.9 Å². The molecular formula is C14H21BrN2O. The summed E-state index contributed by atoms with van der Waals surface area (Å²) in [5, 5.41) is 0. The minimum absolute atomic E-state index is 0.0361. The van der Waals surface area contributed by atoms with Crippen molar-refractivity contribution in [3.05, 3.63) is 34.3 Å². The molecule has 1 unspecified atom stereocenters. The van der Waals surface area contributed by atoms with Crippen LogP contribution in [0, 0.1) is 0 Å².